The van der Waals surface area contributed by atoms with Gasteiger partial charge in [0, 0.05) is 5.69 Å². The molecular formula is C19H18N2O. The van der Waals surface area contributed by atoms with E-state index in [-0.39, 0.29) is 5.57 Å². The van der Waals surface area contributed by atoms with E-state index >= 15 is 0 Å². The summed E-state index contributed by atoms with van der Waals surface area (Å²) in [5.74, 6) is -0.396. The molecule has 0 aromatic heterocycles. The summed E-state index contributed by atoms with van der Waals surface area (Å²) >= 11 is 0. The monoisotopic (exact) mass is 290 g/mol. The van der Waals surface area contributed by atoms with E-state index in [0.717, 1.165) is 22.3 Å². The summed E-state index contributed by atoms with van der Waals surface area (Å²) in [5, 5.41) is 12.0. The number of carbonyl (C=O) groups excluding carboxylic acids is 1. The molecule has 3 nitrogen and oxygen atoms in total. The average molecular weight is 290 g/mol. The number of amides is 1. The fourth-order valence-electron chi connectivity index (χ4n) is 2.09. The van der Waals surface area contributed by atoms with Crippen LogP contribution in [0.25, 0.3) is 6.08 Å². The molecule has 0 aliphatic carbocycles. The third kappa shape index (κ3) is 3.83. The highest BCUT2D eigenvalue weighted by Gasteiger charge is 2.10. The van der Waals surface area contributed by atoms with Gasteiger partial charge in [0.15, 0.2) is 0 Å². The number of nitriles is 1. The first-order chi connectivity index (χ1) is 10.5. The molecule has 0 radical (unpaired) electrons. The maximum atomic E-state index is 12.2. The molecule has 0 saturated heterocycles. The molecule has 22 heavy (non-hydrogen) atoms. The molecule has 0 saturated carbocycles. The van der Waals surface area contributed by atoms with Gasteiger partial charge in [-0.2, -0.15) is 5.26 Å². The van der Waals surface area contributed by atoms with Crippen LogP contribution in [0.4, 0.5) is 5.69 Å². The molecule has 3 heteroatoms. The second-order valence-electron chi connectivity index (χ2n) is 5.34. The van der Waals surface area contributed by atoms with Crippen molar-refractivity contribution in [3.8, 4) is 6.07 Å². The topological polar surface area (TPSA) is 52.9 Å². The standard InChI is InChI=1S/C19H18N2O/c1-13-5-4-6-16(9-13)11-17(12-20)19(22)21-18-8-7-14(2)15(3)10-18/h4-11H,1-3H3,(H,21,22)/b17-11+. The van der Waals surface area contributed by atoms with Gasteiger partial charge in [-0.15, -0.1) is 0 Å². The Bertz CT molecular complexity index is 782. The summed E-state index contributed by atoms with van der Waals surface area (Å²) in [6, 6.07) is 15.3. The number of carbonyl (C=O) groups is 1. The number of rotatable bonds is 3. The van der Waals surface area contributed by atoms with Crippen molar-refractivity contribution in [2.24, 2.45) is 0 Å². The highest BCUT2D eigenvalue weighted by Crippen LogP contribution is 2.16. The Labute approximate surface area is 130 Å². The van der Waals surface area contributed by atoms with Crippen molar-refractivity contribution < 1.29 is 4.79 Å². The van der Waals surface area contributed by atoms with Crippen molar-refractivity contribution in [3.63, 3.8) is 0 Å². The van der Waals surface area contributed by atoms with E-state index in [1.54, 1.807) is 6.08 Å². The number of hydrogen-bond donors (Lipinski definition) is 1. The normalized spacial score (nSPS) is 10.9. The molecule has 0 unspecified atom stereocenters. The van der Waals surface area contributed by atoms with E-state index in [1.807, 2.05) is 69.3 Å². The van der Waals surface area contributed by atoms with Crippen LogP contribution in [0.3, 0.4) is 0 Å². The quantitative estimate of drug-likeness (QED) is 0.681. The van der Waals surface area contributed by atoms with Gasteiger partial charge in [-0.1, -0.05) is 35.9 Å². The molecular weight excluding hydrogens is 272 g/mol. The van der Waals surface area contributed by atoms with Crippen LogP contribution in [0, 0.1) is 32.1 Å². The molecule has 2 aromatic carbocycles. The molecule has 2 rings (SSSR count). The Morgan fingerprint density at radius 2 is 1.86 bits per heavy atom. The van der Waals surface area contributed by atoms with Gasteiger partial charge in [0.1, 0.15) is 11.6 Å². The Balaban J connectivity index is 2.22. The number of nitrogens with zero attached hydrogens (tertiary/aromatic N) is 1. The van der Waals surface area contributed by atoms with Gasteiger partial charge in [0.05, 0.1) is 0 Å². The van der Waals surface area contributed by atoms with Crippen LogP contribution in [-0.4, -0.2) is 5.91 Å². The third-order valence-corrected chi connectivity index (χ3v) is 3.48. The lowest BCUT2D eigenvalue weighted by molar-refractivity contribution is -0.112. The molecule has 0 spiro atoms. The van der Waals surface area contributed by atoms with E-state index in [4.69, 9.17) is 0 Å². The summed E-state index contributed by atoms with van der Waals surface area (Å²) in [4.78, 5) is 12.2. The molecule has 1 amide bonds. The Morgan fingerprint density at radius 1 is 1.09 bits per heavy atom. The third-order valence-electron chi connectivity index (χ3n) is 3.48. The first kappa shape index (κ1) is 15.5. The average Bonchev–Trinajstić information content (AvgIpc) is 2.48. The Morgan fingerprint density at radius 3 is 2.50 bits per heavy atom. The largest absolute Gasteiger partial charge is 0.321 e. The van der Waals surface area contributed by atoms with Crippen LogP contribution in [0.5, 0.6) is 0 Å². The number of benzene rings is 2. The van der Waals surface area contributed by atoms with E-state index in [0.29, 0.717) is 5.69 Å². The first-order valence-electron chi connectivity index (χ1n) is 7.06. The summed E-state index contributed by atoms with van der Waals surface area (Å²) in [5.41, 5.74) is 4.96. The summed E-state index contributed by atoms with van der Waals surface area (Å²) < 4.78 is 0. The SMILES string of the molecule is Cc1cccc(/C=C(\C#N)C(=O)Nc2ccc(C)c(C)c2)c1. The number of aryl methyl sites for hydroxylation is 3. The molecule has 2 aromatic rings. The Hall–Kier alpha value is -2.86. The minimum absolute atomic E-state index is 0.0869. The molecule has 0 bridgehead atoms. The second-order valence-corrected chi connectivity index (χ2v) is 5.34. The lowest BCUT2D eigenvalue weighted by atomic mass is 10.1. The zero-order chi connectivity index (χ0) is 16.1. The summed E-state index contributed by atoms with van der Waals surface area (Å²) in [6.45, 7) is 5.97. The molecule has 110 valence electrons. The smallest absolute Gasteiger partial charge is 0.266 e. The highest BCUT2D eigenvalue weighted by atomic mass is 16.1. The number of hydrogen-bond acceptors (Lipinski definition) is 2. The lowest BCUT2D eigenvalue weighted by Crippen LogP contribution is -2.13. The maximum absolute atomic E-state index is 12.2. The lowest BCUT2D eigenvalue weighted by Gasteiger charge is -2.07. The zero-order valence-electron chi connectivity index (χ0n) is 13.0. The van der Waals surface area contributed by atoms with Crippen LogP contribution in [-0.2, 0) is 4.79 Å². The van der Waals surface area contributed by atoms with Crippen LogP contribution < -0.4 is 5.32 Å². The van der Waals surface area contributed by atoms with Gasteiger partial charge in [0.25, 0.3) is 5.91 Å². The van der Waals surface area contributed by atoms with Gasteiger partial charge in [-0.05, 0) is 55.7 Å². The van der Waals surface area contributed by atoms with Crippen LogP contribution in [0.2, 0.25) is 0 Å². The van der Waals surface area contributed by atoms with Gasteiger partial charge in [-0.25, -0.2) is 0 Å². The first-order valence-corrected chi connectivity index (χ1v) is 7.06. The van der Waals surface area contributed by atoms with Crippen LogP contribution in [0.15, 0.2) is 48.0 Å². The zero-order valence-corrected chi connectivity index (χ0v) is 13.0. The molecule has 0 fully saturated rings. The van der Waals surface area contributed by atoms with Gasteiger partial charge in [-0.3, -0.25) is 4.79 Å². The van der Waals surface area contributed by atoms with Crippen molar-refractivity contribution in [1.82, 2.24) is 0 Å². The van der Waals surface area contributed by atoms with E-state index < -0.39 is 5.91 Å². The summed E-state index contributed by atoms with van der Waals surface area (Å²) in [7, 11) is 0. The van der Waals surface area contributed by atoms with Crippen molar-refractivity contribution in [2.75, 3.05) is 5.32 Å². The van der Waals surface area contributed by atoms with E-state index in [9.17, 15) is 10.1 Å². The minimum atomic E-state index is -0.396. The summed E-state index contributed by atoms with van der Waals surface area (Å²) in [6.07, 6.45) is 1.60. The highest BCUT2D eigenvalue weighted by molar-refractivity contribution is 6.09. The van der Waals surface area contributed by atoms with Crippen LogP contribution in [0.1, 0.15) is 22.3 Å². The van der Waals surface area contributed by atoms with Gasteiger partial charge < -0.3 is 5.32 Å². The fourth-order valence-corrected chi connectivity index (χ4v) is 2.09. The maximum Gasteiger partial charge on any atom is 0.266 e. The molecule has 0 aliphatic heterocycles. The van der Waals surface area contributed by atoms with Crippen molar-refractivity contribution in [2.45, 2.75) is 20.8 Å². The second kappa shape index (κ2) is 6.73. The minimum Gasteiger partial charge on any atom is -0.321 e. The van der Waals surface area contributed by atoms with Crippen molar-refractivity contribution in [1.29, 1.82) is 5.26 Å². The van der Waals surface area contributed by atoms with Gasteiger partial charge >= 0.3 is 0 Å². The van der Waals surface area contributed by atoms with Gasteiger partial charge in [0.2, 0.25) is 0 Å². The molecule has 0 atom stereocenters. The fraction of sp³-hybridized carbons (Fsp3) is 0.158. The van der Waals surface area contributed by atoms with E-state index in [1.165, 1.54) is 0 Å². The van der Waals surface area contributed by atoms with E-state index in [2.05, 4.69) is 5.32 Å². The Kier molecular flexibility index (Phi) is 4.75. The number of nitrogens with one attached hydrogen (secondary N) is 1. The molecule has 0 heterocycles. The number of anilines is 1. The molecule has 1 N–H and O–H groups in total. The van der Waals surface area contributed by atoms with Crippen molar-refractivity contribution >= 4 is 17.7 Å². The predicted molar refractivity (Wildman–Crippen MR) is 89.3 cm³/mol. The predicted octanol–water partition coefficient (Wildman–Crippen LogP) is 4.16. The van der Waals surface area contributed by atoms with Crippen LogP contribution >= 0.6 is 0 Å². The van der Waals surface area contributed by atoms with Crippen molar-refractivity contribution in [3.05, 3.63) is 70.3 Å². The molecule has 0 aliphatic rings.